The smallest absolute Gasteiger partial charge is 0.294 e. The monoisotopic (exact) mass is 303 g/mol. The second kappa shape index (κ2) is 5.53. The number of nitro benzene ring substituents is 1. The number of nitro groups is 1. The van der Waals surface area contributed by atoms with E-state index in [-0.39, 0.29) is 16.8 Å². The Morgan fingerprint density at radius 3 is 2.53 bits per heavy atom. The molecule has 1 aliphatic carbocycles. The first-order valence-corrected chi connectivity index (χ1v) is 6.77. The molecule has 19 heavy (non-hydrogen) atoms. The Bertz CT molecular complexity index is 506. The molecule has 0 spiro atoms. The second-order valence-corrected chi connectivity index (χ2v) is 5.58. The summed E-state index contributed by atoms with van der Waals surface area (Å²) in [5.41, 5.74) is 6.19. The van der Waals surface area contributed by atoms with Crippen molar-refractivity contribution < 1.29 is 4.92 Å². The van der Waals surface area contributed by atoms with Crippen LogP contribution in [0.5, 0.6) is 0 Å². The average molecular weight is 304 g/mol. The molecule has 0 aromatic heterocycles. The predicted molar refractivity (Wildman–Crippen MR) is 77.1 cm³/mol. The largest absolute Gasteiger partial charge is 0.364 e. The van der Waals surface area contributed by atoms with E-state index in [0.29, 0.717) is 23.2 Å². The molecule has 0 saturated heterocycles. The minimum absolute atomic E-state index is 0.0454. The molecule has 1 saturated carbocycles. The van der Waals surface area contributed by atoms with Crippen molar-refractivity contribution in [1.82, 2.24) is 0 Å². The van der Waals surface area contributed by atoms with E-state index in [4.69, 9.17) is 28.9 Å². The highest BCUT2D eigenvalue weighted by atomic mass is 35.5. The number of nitrogens with two attached hydrogens (primary N) is 1. The van der Waals surface area contributed by atoms with Gasteiger partial charge in [-0.1, -0.05) is 23.2 Å². The van der Waals surface area contributed by atoms with E-state index in [2.05, 4.69) is 0 Å². The van der Waals surface area contributed by atoms with E-state index in [1.54, 1.807) is 0 Å². The number of likely N-dealkylation sites (N-methyl/N-ethyl adjacent to an activating group) is 1. The molecule has 1 unspecified atom stereocenters. The van der Waals surface area contributed by atoms with Crippen molar-refractivity contribution in [2.45, 2.75) is 18.9 Å². The number of halogens is 2. The summed E-state index contributed by atoms with van der Waals surface area (Å²) in [5, 5.41) is 11.6. The molecule has 2 N–H and O–H groups in total. The summed E-state index contributed by atoms with van der Waals surface area (Å²) in [7, 11) is 1.81. The Labute approximate surface area is 121 Å². The van der Waals surface area contributed by atoms with Crippen molar-refractivity contribution in [3.05, 3.63) is 32.3 Å². The molecule has 0 radical (unpaired) electrons. The summed E-state index contributed by atoms with van der Waals surface area (Å²) < 4.78 is 0. The van der Waals surface area contributed by atoms with Crippen LogP contribution in [0.1, 0.15) is 12.8 Å². The third-order valence-corrected chi connectivity index (χ3v) is 4.22. The molecule has 1 aromatic rings. The van der Waals surface area contributed by atoms with Crippen LogP contribution < -0.4 is 10.6 Å². The van der Waals surface area contributed by atoms with Gasteiger partial charge in [-0.3, -0.25) is 10.1 Å². The zero-order valence-electron chi connectivity index (χ0n) is 10.5. The lowest BCUT2D eigenvalue weighted by atomic mass is 10.1. The molecule has 1 atom stereocenters. The molecular weight excluding hydrogens is 289 g/mol. The van der Waals surface area contributed by atoms with Crippen LogP contribution in [0.4, 0.5) is 11.4 Å². The molecule has 0 aliphatic heterocycles. The molecule has 1 aromatic carbocycles. The van der Waals surface area contributed by atoms with Crippen molar-refractivity contribution in [3.8, 4) is 0 Å². The van der Waals surface area contributed by atoms with Crippen molar-refractivity contribution >= 4 is 34.6 Å². The highest BCUT2D eigenvalue weighted by molar-refractivity contribution is 6.42. The standard InChI is InChI=1S/C12H15Cl2N3O2/c1-16(12(6-15)7-2-3-7)10-4-8(13)9(14)5-11(10)17(18)19/h4-5,7,12H,2-3,6,15H2,1H3. The topological polar surface area (TPSA) is 72.4 Å². The molecule has 0 heterocycles. The maximum atomic E-state index is 11.1. The minimum atomic E-state index is -0.450. The average Bonchev–Trinajstić information content (AvgIpc) is 3.17. The molecule has 0 bridgehead atoms. The summed E-state index contributed by atoms with van der Waals surface area (Å²) in [6, 6.07) is 2.92. The molecular formula is C12H15Cl2N3O2. The Morgan fingerprint density at radius 1 is 1.47 bits per heavy atom. The van der Waals surface area contributed by atoms with E-state index >= 15 is 0 Å². The Balaban J connectivity index is 2.41. The fraction of sp³-hybridized carbons (Fsp3) is 0.500. The summed E-state index contributed by atoms with van der Waals surface area (Å²) in [4.78, 5) is 12.5. The number of hydrogen-bond donors (Lipinski definition) is 1. The van der Waals surface area contributed by atoms with Crippen molar-refractivity contribution in [2.75, 3.05) is 18.5 Å². The summed E-state index contributed by atoms with van der Waals surface area (Å²) in [6.07, 6.45) is 2.22. The van der Waals surface area contributed by atoms with E-state index < -0.39 is 4.92 Å². The van der Waals surface area contributed by atoms with Crippen molar-refractivity contribution in [1.29, 1.82) is 0 Å². The first-order valence-electron chi connectivity index (χ1n) is 6.02. The summed E-state index contributed by atoms with van der Waals surface area (Å²) >= 11 is 11.8. The highest BCUT2D eigenvalue weighted by Crippen LogP contribution is 2.41. The molecule has 1 fully saturated rings. The predicted octanol–water partition coefficient (Wildman–Crippen LogP) is 3.08. The van der Waals surface area contributed by atoms with Gasteiger partial charge in [0.25, 0.3) is 5.69 Å². The third kappa shape index (κ3) is 2.94. The summed E-state index contributed by atoms with van der Waals surface area (Å²) in [5.74, 6) is 0.504. The summed E-state index contributed by atoms with van der Waals surface area (Å²) in [6.45, 7) is 0.457. The van der Waals surface area contributed by atoms with E-state index in [0.717, 1.165) is 12.8 Å². The van der Waals surface area contributed by atoms with Gasteiger partial charge in [0.15, 0.2) is 0 Å². The van der Waals surface area contributed by atoms with Crippen molar-refractivity contribution in [2.24, 2.45) is 11.7 Å². The van der Waals surface area contributed by atoms with Crippen LogP contribution >= 0.6 is 23.2 Å². The molecule has 104 valence electrons. The van der Waals surface area contributed by atoms with Crippen LogP contribution in [0.25, 0.3) is 0 Å². The van der Waals surface area contributed by atoms with Gasteiger partial charge in [-0.25, -0.2) is 0 Å². The van der Waals surface area contributed by atoms with E-state index in [1.165, 1.54) is 12.1 Å². The Hall–Kier alpha value is -1.04. The van der Waals surface area contributed by atoms with Crippen LogP contribution in [0.15, 0.2) is 12.1 Å². The first-order chi connectivity index (χ1) is 8.95. The van der Waals surface area contributed by atoms with Gasteiger partial charge in [0.1, 0.15) is 5.69 Å². The van der Waals surface area contributed by atoms with E-state index in [9.17, 15) is 10.1 Å². The fourth-order valence-corrected chi connectivity index (χ4v) is 2.60. The van der Waals surface area contributed by atoms with Crippen LogP contribution in [0.2, 0.25) is 10.0 Å². The highest BCUT2D eigenvalue weighted by Gasteiger charge is 2.35. The van der Waals surface area contributed by atoms with Gasteiger partial charge in [-0.2, -0.15) is 0 Å². The Kier molecular flexibility index (Phi) is 4.18. The lowest BCUT2D eigenvalue weighted by Gasteiger charge is -2.29. The SMILES string of the molecule is CN(c1cc(Cl)c(Cl)cc1[N+](=O)[O-])C(CN)C1CC1. The van der Waals surface area contributed by atoms with Gasteiger partial charge in [-0.05, 0) is 24.8 Å². The number of rotatable bonds is 5. The zero-order chi connectivity index (χ0) is 14.2. The fourth-order valence-electron chi connectivity index (χ4n) is 2.28. The Morgan fingerprint density at radius 2 is 2.05 bits per heavy atom. The lowest BCUT2D eigenvalue weighted by Crippen LogP contribution is -2.40. The van der Waals surface area contributed by atoms with Gasteiger partial charge in [0.2, 0.25) is 0 Å². The molecule has 0 amide bonds. The maximum absolute atomic E-state index is 11.1. The van der Waals surface area contributed by atoms with Gasteiger partial charge in [-0.15, -0.1) is 0 Å². The zero-order valence-corrected chi connectivity index (χ0v) is 12.0. The third-order valence-electron chi connectivity index (χ3n) is 3.50. The van der Waals surface area contributed by atoms with Crippen LogP contribution in [0.3, 0.4) is 0 Å². The normalized spacial score (nSPS) is 16.2. The van der Waals surface area contributed by atoms with Gasteiger partial charge in [0.05, 0.1) is 15.0 Å². The number of nitrogens with zero attached hydrogens (tertiary/aromatic N) is 2. The number of benzene rings is 1. The molecule has 7 heteroatoms. The van der Waals surface area contributed by atoms with Gasteiger partial charge >= 0.3 is 0 Å². The first kappa shape index (κ1) is 14.4. The molecule has 1 aliphatic rings. The van der Waals surface area contributed by atoms with Crippen LogP contribution in [-0.4, -0.2) is 24.6 Å². The maximum Gasteiger partial charge on any atom is 0.294 e. The number of anilines is 1. The quantitative estimate of drug-likeness (QED) is 0.670. The van der Waals surface area contributed by atoms with Gasteiger partial charge in [0, 0.05) is 25.7 Å². The lowest BCUT2D eigenvalue weighted by molar-refractivity contribution is -0.384. The van der Waals surface area contributed by atoms with E-state index in [1.807, 2.05) is 11.9 Å². The van der Waals surface area contributed by atoms with Gasteiger partial charge < -0.3 is 10.6 Å². The second-order valence-electron chi connectivity index (χ2n) is 4.76. The molecule has 5 nitrogen and oxygen atoms in total. The number of hydrogen-bond acceptors (Lipinski definition) is 4. The van der Waals surface area contributed by atoms with Crippen molar-refractivity contribution in [3.63, 3.8) is 0 Å². The molecule has 2 rings (SSSR count). The minimum Gasteiger partial charge on any atom is -0.364 e. The van der Waals surface area contributed by atoms with Crippen LogP contribution in [-0.2, 0) is 0 Å². The van der Waals surface area contributed by atoms with Crippen LogP contribution in [0, 0.1) is 16.0 Å².